The number of carbonyl (C=O) groups excluding carboxylic acids is 2. The third kappa shape index (κ3) is 14.0. The van der Waals surface area contributed by atoms with E-state index in [-0.39, 0.29) is 48.8 Å². The van der Waals surface area contributed by atoms with Gasteiger partial charge in [-0.05, 0) is 92.8 Å². The lowest BCUT2D eigenvalue weighted by molar-refractivity contribution is -0.384. The highest BCUT2D eigenvalue weighted by Gasteiger charge is 2.47. The van der Waals surface area contributed by atoms with Gasteiger partial charge in [0.15, 0.2) is 18.7 Å². The number of cyclic esters (lactones) is 1. The minimum absolute atomic E-state index is 0.00337. The second-order valence-corrected chi connectivity index (χ2v) is 20.0. The Morgan fingerprint density at radius 1 is 1.06 bits per heavy atom. The first kappa shape index (κ1) is 55.7. The van der Waals surface area contributed by atoms with E-state index < -0.39 is 102 Å². The van der Waals surface area contributed by atoms with Crippen LogP contribution in [0.25, 0.3) is 0 Å². The summed E-state index contributed by atoms with van der Waals surface area (Å²) in [5.74, 6) is -2.34. The van der Waals surface area contributed by atoms with Gasteiger partial charge in [0.25, 0.3) is 5.69 Å². The van der Waals surface area contributed by atoms with Crippen LogP contribution < -0.4 is 0 Å². The molecule has 384 valence electrons. The molecule has 16 atom stereocenters. The zero-order valence-electron chi connectivity index (χ0n) is 41.2. The van der Waals surface area contributed by atoms with Crippen LogP contribution in [0.15, 0.2) is 30.5 Å². The molecular weight excluding hydrogens is 908 g/mol. The van der Waals surface area contributed by atoms with Gasteiger partial charge in [0, 0.05) is 69.8 Å². The number of benzene rings is 1. The average Bonchev–Trinajstić information content (AvgIpc) is 3.79. The molecule has 0 bridgehead atoms. The molecule has 1 aromatic carbocycles. The fourth-order valence-corrected chi connectivity index (χ4v) is 10.4. The zero-order valence-corrected chi connectivity index (χ0v) is 42.0. The monoisotopic (exact) mass is 983 g/mol. The Kier molecular flexibility index (Phi) is 20.7. The van der Waals surface area contributed by atoms with Crippen molar-refractivity contribution in [3.63, 3.8) is 0 Å². The van der Waals surface area contributed by atoms with Crippen LogP contribution in [0, 0.1) is 16.0 Å². The first-order valence-electron chi connectivity index (χ1n) is 23.8. The number of ether oxygens (including phenoxy) is 6. The molecule has 0 saturated carbocycles. The van der Waals surface area contributed by atoms with E-state index in [2.05, 4.69) is 15.2 Å². The molecule has 3 N–H and O–H groups in total. The zero-order chi connectivity index (χ0) is 50.0. The quantitative estimate of drug-likeness (QED) is 0.119. The van der Waals surface area contributed by atoms with Crippen LogP contribution in [-0.4, -0.2) is 183 Å². The summed E-state index contributed by atoms with van der Waals surface area (Å²) in [6.07, 6.45) is -2.85. The number of alkyl halides is 1. The van der Waals surface area contributed by atoms with Crippen molar-refractivity contribution in [2.24, 2.45) is 5.92 Å². The summed E-state index contributed by atoms with van der Waals surface area (Å²) in [5, 5.41) is 53.5. The molecule has 0 aliphatic carbocycles. The first-order chi connectivity index (χ1) is 32.2. The van der Waals surface area contributed by atoms with Crippen LogP contribution in [0.3, 0.4) is 0 Å². The van der Waals surface area contributed by atoms with Gasteiger partial charge in [0.2, 0.25) is 5.78 Å². The maximum atomic E-state index is 14.7. The number of nitro groups is 1. The van der Waals surface area contributed by atoms with Gasteiger partial charge in [-0.25, -0.2) is 9.07 Å². The summed E-state index contributed by atoms with van der Waals surface area (Å²) in [6, 6.07) is 4.82. The third-order valence-corrected chi connectivity index (χ3v) is 15.3. The number of thioether (sulfide) groups is 1. The Labute approximate surface area is 403 Å². The lowest BCUT2D eigenvalue weighted by Crippen LogP contribution is -2.57. The molecule has 1 aromatic heterocycles. The summed E-state index contributed by atoms with van der Waals surface area (Å²) in [5.41, 5.74) is 0.340. The number of methoxy groups -OCH3 is 1. The van der Waals surface area contributed by atoms with Gasteiger partial charge < -0.3 is 53.5 Å². The summed E-state index contributed by atoms with van der Waals surface area (Å²) in [7, 11) is 5.29. The highest BCUT2D eigenvalue weighted by atomic mass is 32.2. The standard InChI is InChI=1S/C47H75FN6O13S/c1-11-37-43(57)42(56)29(4)51(7)19-12-13-36(55)39(23-38(28(3)46(59)67-37)65-41-24-47(6,62-9)45(58)30(5)64-41)66-40-22-34(21-27(2)63-40)52(8)20-18-32-26-53(50-49-32)35(25-48)44(68-10)31-14-16-33(17-15-31)54(60)61/h14-17,26-30,34-42,44-45,55-56,58H,11-13,18-25H2,1-10H3/t27-,28-,29-,30+,34+,35-,36-,37-,38+,39-,40+,41+,42-,44-,45+,47-/m1/s1. The molecule has 3 fully saturated rings. The Bertz CT molecular complexity index is 1920. The number of nitrogens with zero attached hydrogens (tertiary/aromatic N) is 6. The van der Waals surface area contributed by atoms with Crippen molar-refractivity contribution < 1.29 is 62.6 Å². The van der Waals surface area contributed by atoms with E-state index in [0.717, 1.165) is 5.56 Å². The van der Waals surface area contributed by atoms with Crippen LogP contribution in [0.5, 0.6) is 0 Å². The molecule has 0 amide bonds. The van der Waals surface area contributed by atoms with Crippen LogP contribution in [0.1, 0.15) is 109 Å². The smallest absolute Gasteiger partial charge is 0.312 e. The lowest BCUT2D eigenvalue weighted by Gasteiger charge is -2.45. The second-order valence-electron chi connectivity index (χ2n) is 19.1. The number of likely N-dealkylation sites (N-methyl/N-ethyl adjacent to an activating group) is 2. The van der Waals surface area contributed by atoms with E-state index >= 15 is 0 Å². The molecule has 19 nitrogen and oxygen atoms in total. The van der Waals surface area contributed by atoms with E-state index in [1.807, 2.05) is 25.1 Å². The number of aliphatic hydroxyl groups is 3. The predicted octanol–water partition coefficient (Wildman–Crippen LogP) is 4.59. The summed E-state index contributed by atoms with van der Waals surface area (Å²) in [6.45, 7) is 10.8. The SMILES string of the molecule is CC[C@H]1OC(=O)[C@H](C)[C@@H](O[C@H]2C[C@@](C)(OC)[C@@H](O)[C@H](C)O2)C[C@@H](O[C@H]2C[C@@H](N(C)CCc3cn([C@H](CF)[C@H](SC)c4ccc([N+](=O)[O-])cc4)nn3)C[C@@H](C)O2)[C@H](O)CCCN(C)[C@H](C)[C@@H](O)C1=O. The number of non-ortho nitro benzene ring substituents is 1. The van der Waals surface area contributed by atoms with Crippen molar-refractivity contribution in [3.8, 4) is 0 Å². The molecule has 21 heteroatoms. The molecule has 0 spiro atoms. The summed E-state index contributed by atoms with van der Waals surface area (Å²) >= 11 is 1.43. The van der Waals surface area contributed by atoms with Crippen molar-refractivity contribution >= 4 is 29.2 Å². The first-order valence-corrected chi connectivity index (χ1v) is 25.1. The number of hydrogen-bond acceptors (Lipinski definition) is 18. The summed E-state index contributed by atoms with van der Waals surface area (Å²) < 4.78 is 53.6. The molecule has 2 aromatic rings. The Morgan fingerprint density at radius 3 is 2.38 bits per heavy atom. The number of esters is 1. The molecule has 3 aliphatic heterocycles. The fraction of sp³-hybridized carbons (Fsp3) is 0.787. The largest absolute Gasteiger partial charge is 0.454 e. The van der Waals surface area contributed by atoms with Gasteiger partial charge in [0.1, 0.15) is 18.9 Å². The Hall–Kier alpha value is -3.22. The minimum Gasteiger partial charge on any atom is -0.454 e. The Morgan fingerprint density at radius 2 is 1.75 bits per heavy atom. The van der Waals surface area contributed by atoms with Crippen LogP contribution >= 0.6 is 11.8 Å². The maximum Gasteiger partial charge on any atom is 0.312 e. The van der Waals surface area contributed by atoms with Crippen molar-refractivity contribution in [3.05, 3.63) is 51.8 Å². The maximum absolute atomic E-state index is 14.7. The highest BCUT2D eigenvalue weighted by molar-refractivity contribution is 7.98. The van der Waals surface area contributed by atoms with Gasteiger partial charge in [0.05, 0.1) is 63.9 Å². The van der Waals surface area contributed by atoms with E-state index in [1.165, 1.54) is 35.7 Å². The number of aromatic nitrogens is 3. The number of halogens is 1. The topological polar surface area (TPSA) is 231 Å². The van der Waals surface area contributed by atoms with E-state index in [0.29, 0.717) is 44.5 Å². The van der Waals surface area contributed by atoms with E-state index in [9.17, 15) is 39.4 Å². The molecule has 5 rings (SSSR count). The van der Waals surface area contributed by atoms with E-state index in [1.54, 1.807) is 60.0 Å². The van der Waals surface area contributed by atoms with Crippen molar-refractivity contribution in [2.45, 2.75) is 183 Å². The van der Waals surface area contributed by atoms with Gasteiger partial charge >= 0.3 is 5.97 Å². The van der Waals surface area contributed by atoms with Gasteiger partial charge in [-0.1, -0.05) is 24.3 Å². The molecule has 3 aliphatic rings. The number of carbonyl (C=O) groups is 2. The minimum atomic E-state index is -1.42. The van der Waals surface area contributed by atoms with Gasteiger partial charge in [-0.3, -0.25) is 19.7 Å². The van der Waals surface area contributed by atoms with Crippen molar-refractivity contribution in [1.29, 1.82) is 0 Å². The number of aliphatic hydroxyl groups excluding tert-OH is 3. The molecule has 4 heterocycles. The van der Waals surface area contributed by atoms with Crippen molar-refractivity contribution in [1.82, 2.24) is 24.8 Å². The van der Waals surface area contributed by atoms with Gasteiger partial charge in [-0.2, -0.15) is 11.8 Å². The van der Waals surface area contributed by atoms with Gasteiger partial charge in [-0.15, -0.1) is 5.10 Å². The molecule has 0 unspecified atom stereocenters. The van der Waals surface area contributed by atoms with Crippen LogP contribution in [0.2, 0.25) is 0 Å². The highest BCUT2D eigenvalue weighted by Crippen LogP contribution is 2.39. The fourth-order valence-electron chi connectivity index (χ4n) is 9.42. The molecule has 0 radical (unpaired) electrons. The number of hydrogen-bond donors (Lipinski definition) is 3. The number of rotatable bonds is 16. The number of ketones is 1. The van der Waals surface area contributed by atoms with Crippen molar-refractivity contribution in [2.75, 3.05) is 47.2 Å². The van der Waals surface area contributed by atoms with E-state index in [4.69, 9.17) is 28.4 Å². The van der Waals surface area contributed by atoms with Crippen LogP contribution in [-0.2, 0) is 44.4 Å². The summed E-state index contributed by atoms with van der Waals surface area (Å²) in [4.78, 5) is 42.3. The normalized spacial score (nSPS) is 35.0. The second kappa shape index (κ2) is 25.2. The van der Waals surface area contributed by atoms with Crippen LogP contribution in [0.4, 0.5) is 10.1 Å². The average molecular weight is 983 g/mol. The lowest BCUT2D eigenvalue weighted by atomic mass is 9.88. The third-order valence-electron chi connectivity index (χ3n) is 14.2. The molecule has 3 saturated heterocycles. The predicted molar refractivity (Wildman–Crippen MR) is 250 cm³/mol. The number of Topliss-reactive ketones (excluding diaryl/α,β-unsaturated/α-hetero) is 1. The number of nitro benzene ring substituents is 1. The molecule has 68 heavy (non-hydrogen) atoms. The molecular formula is C47H75FN6O13S. The Balaban J connectivity index is 1.33.